The standard InChI is InChI=1S/C16H20N4O2S2/c1-3-17-16(22)20-6-4-12(8-20)19-14(21)13-10(2)18-15(24-13)11-5-7-23-9-11/h5,7,9,12H,3-4,6,8H2,1-2H3,(H,17,22)(H,19,21)/t12-/m0/s1. The molecule has 3 heterocycles. The van der Waals surface area contributed by atoms with Crippen LogP contribution in [0, 0.1) is 6.92 Å². The number of thiophene rings is 1. The summed E-state index contributed by atoms with van der Waals surface area (Å²) >= 11 is 3.03. The van der Waals surface area contributed by atoms with Crippen molar-refractivity contribution in [2.75, 3.05) is 19.6 Å². The minimum atomic E-state index is -0.103. The molecule has 1 aliphatic heterocycles. The summed E-state index contributed by atoms with van der Waals surface area (Å²) in [6, 6.07) is 1.93. The van der Waals surface area contributed by atoms with Gasteiger partial charge in [-0.25, -0.2) is 9.78 Å². The molecule has 0 aliphatic carbocycles. The summed E-state index contributed by atoms with van der Waals surface area (Å²) in [6.07, 6.45) is 0.776. The number of aryl methyl sites for hydroxylation is 1. The molecule has 2 aromatic heterocycles. The van der Waals surface area contributed by atoms with Crippen molar-refractivity contribution in [3.05, 3.63) is 27.4 Å². The van der Waals surface area contributed by atoms with Gasteiger partial charge in [0.1, 0.15) is 9.88 Å². The molecule has 1 saturated heterocycles. The quantitative estimate of drug-likeness (QED) is 0.876. The third kappa shape index (κ3) is 3.59. The number of amides is 3. The van der Waals surface area contributed by atoms with Crippen LogP contribution in [0.1, 0.15) is 28.7 Å². The fourth-order valence-corrected chi connectivity index (χ4v) is 4.37. The molecule has 24 heavy (non-hydrogen) atoms. The Labute approximate surface area is 148 Å². The maximum absolute atomic E-state index is 12.5. The second-order valence-electron chi connectivity index (χ2n) is 5.69. The van der Waals surface area contributed by atoms with Gasteiger partial charge in [0.25, 0.3) is 5.91 Å². The number of carbonyl (C=O) groups excluding carboxylic acids is 2. The number of urea groups is 1. The van der Waals surface area contributed by atoms with Crippen molar-refractivity contribution < 1.29 is 9.59 Å². The predicted molar refractivity (Wildman–Crippen MR) is 96.7 cm³/mol. The lowest BCUT2D eigenvalue weighted by Crippen LogP contribution is -2.42. The van der Waals surface area contributed by atoms with Gasteiger partial charge in [0.15, 0.2) is 0 Å². The fourth-order valence-electron chi connectivity index (χ4n) is 2.69. The monoisotopic (exact) mass is 364 g/mol. The predicted octanol–water partition coefficient (Wildman–Crippen LogP) is 2.71. The molecule has 3 amide bonds. The summed E-state index contributed by atoms with van der Waals surface area (Å²) in [5.41, 5.74) is 1.80. The van der Waals surface area contributed by atoms with E-state index in [1.54, 1.807) is 16.2 Å². The molecular formula is C16H20N4O2S2. The SMILES string of the molecule is CCNC(=O)N1CC[C@H](NC(=O)c2sc(-c3ccsc3)nc2C)C1. The Balaban J connectivity index is 1.63. The summed E-state index contributed by atoms with van der Waals surface area (Å²) in [7, 11) is 0. The number of rotatable bonds is 4. The van der Waals surface area contributed by atoms with Crippen LogP contribution < -0.4 is 10.6 Å². The minimum absolute atomic E-state index is 0.00814. The van der Waals surface area contributed by atoms with Crippen molar-refractivity contribution in [2.24, 2.45) is 0 Å². The number of hydrogen-bond donors (Lipinski definition) is 2. The van der Waals surface area contributed by atoms with Crippen LogP contribution in [0.2, 0.25) is 0 Å². The third-order valence-electron chi connectivity index (χ3n) is 3.91. The Bertz CT molecular complexity index is 727. The Morgan fingerprint density at radius 1 is 1.46 bits per heavy atom. The number of nitrogens with one attached hydrogen (secondary N) is 2. The zero-order valence-electron chi connectivity index (χ0n) is 13.7. The first kappa shape index (κ1) is 16.9. The number of thiazole rings is 1. The fraction of sp³-hybridized carbons (Fsp3) is 0.438. The van der Waals surface area contributed by atoms with E-state index in [1.807, 2.05) is 30.7 Å². The van der Waals surface area contributed by atoms with E-state index in [2.05, 4.69) is 15.6 Å². The molecule has 1 atom stereocenters. The first-order valence-corrected chi connectivity index (χ1v) is 9.68. The first-order valence-electron chi connectivity index (χ1n) is 7.92. The largest absolute Gasteiger partial charge is 0.347 e. The zero-order chi connectivity index (χ0) is 17.1. The average Bonchev–Trinajstić information content (AvgIpc) is 3.26. The van der Waals surface area contributed by atoms with E-state index in [4.69, 9.17) is 0 Å². The highest BCUT2D eigenvalue weighted by Crippen LogP contribution is 2.29. The number of nitrogens with zero attached hydrogens (tertiary/aromatic N) is 2. The molecule has 3 rings (SSSR count). The highest BCUT2D eigenvalue weighted by molar-refractivity contribution is 7.17. The van der Waals surface area contributed by atoms with E-state index in [0.29, 0.717) is 24.5 Å². The van der Waals surface area contributed by atoms with Gasteiger partial charge >= 0.3 is 6.03 Å². The lowest BCUT2D eigenvalue weighted by atomic mass is 10.2. The molecule has 0 bridgehead atoms. The molecule has 0 radical (unpaired) electrons. The van der Waals surface area contributed by atoms with Crippen LogP contribution in [0.25, 0.3) is 10.6 Å². The molecule has 2 aromatic rings. The van der Waals surface area contributed by atoms with E-state index in [1.165, 1.54) is 11.3 Å². The molecular weight excluding hydrogens is 344 g/mol. The lowest BCUT2D eigenvalue weighted by Gasteiger charge is -2.17. The van der Waals surface area contributed by atoms with Crippen LogP contribution in [-0.4, -0.2) is 47.5 Å². The van der Waals surface area contributed by atoms with Crippen molar-refractivity contribution in [3.8, 4) is 10.6 Å². The van der Waals surface area contributed by atoms with E-state index in [-0.39, 0.29) is 18.0 Å². The van der Waals surface area contributed by atoms with Crippen LogP contribution in [0.5, 0.6) is 0 Å². The molecule has 8 heteroatoms. The third-order valence-corrected chi connectivity index (χ3v) is 5.80. The number of hydrogen-bond acceptors (Lipinski definition) is 5. The average molecular weight is 364 g/mol. The molecule has 1 fully saturated rings. The smallest absolute Gasteiger partial charge is 0.317 e. The second kappa shape index (κ2) is 7.31. The zero-order valence-corrected chi connectivity index (χ0v) is 15.3. The van der Waals surface area contributed by atoms with Crippen LogP contribution in [-0.2, 0) is 0 Å². The van der Waals surface area contributed by atoms with Crippen LogP contribution in [0.4, 0.5) is 4.79 Å². The van der Waals surface area contributed by atoms with E-state index >= 15 is 0 Å². The molecule has 0 spiro atoms. The molecule has 2 N–H and O–H groups in total. The second-order valence-corrected chi connectivity index (χ2v) is 7.47. The number of likely N-dealkylation sites (tertiary alicyclic amines) is 1. The topological polar surface area (TPSA) is 74.3 Å². The maximum Gasteiger partial charge on any atom is 0.317 e. The maximum atomic E-state index is 12.5. The highest BCUT2D eigenvalue weighted by atomic mass is 32.1. The van der Waals surface area contributed by atoms with Crippen LogP contribution in [0.15, 0.2) is 16.8 Å². The van der Waals surface area contributed by atoms with Gasteiger partial charge in [-0.15, -0.1) is 11.3 Å². The van der Waals surface area contributed by atoms with Crippen molar-refractivity contribution in [2.45, 2.75) is 26.3 Å². The van der Waals surface area contributed by atoms with E-state index in [0.717, 1.165) is 22.7 Å². The van der Waals surface area contributed by atoms with Gasteiger partial charge in [-0.05, 0) is 31.7 Å². The van der Waals surface area contributed by atoms with Crippen LogP contribution >= 0.6 is 22.7 Å². The van der Waals surface area contributed by atoms with Gasteiger partial charge in [0.05, 0.1) is 5.69 Å². The number of aromatic nitrogens is 1. The van der Waals surface area contributed by atoms with Gasteiger partial charge in [0.2, 0.25) is 0 Å². The van der Waals surface area contributed by atoms with E-state index < -0.39 is 0 Å². The molecule has 128 valence electrons. The van der Waals surface area contributed by atoms with Crippen molar-refractivity contribution in [1.82, 2.24) is 20.5 Å². The summed E-state index contributed by atoms with van der Waals surface area (Å²) in [4.78, 5) is 31.3. The van der Waals surface area contributed by atoms with E-state index in [9.17, 15) is 9.59 Å². The van der Waals surface area contributed by atoms with Crippen molar-refractivity contribution >= 4 is 34.6 Å². The number of carbonyl (C=O) groups is 2. The Kier molecular flexibility index (Phi) is 5.15. The molecule has 0 saturated carbocycles. The van der Waals surface area contributed by atoms with Gasteiger partial charge in [0, 0.05) is 36.6 Å². The highest BCUT2D eigenvalue weighted by Gasteiger charge is 2.28. The molecule has 6 nitrogen and oxygen atoms in total. The van der Waals surface area contributed by atoms with Gasteiger partial charge < -0.3 is 15.5 Å². The normalized spacial score (nSPS) is 17.1. The summed E-state index contributed by atoms with van der Waals surface area (Å²) in [5.74, 6) is -0.103. The first-order chi connectivity index (χ1) is 11.6. The molecule has 0 unspecified atom stereocenters. The van der Waals surface area contributed by atoms with Gasteiger partial charge in [-0.2, -0.15) is 11.3 Å². The van der Waals surface area contributed by atoms with Crippen LogP contribution in [0.3, 0.4) is 0 Å². The van der Waals surface area contributed by atoms with Gasteiger partial charge in [-0.1, -0.05) is 0 Å². The Hall–Kier alpha value is -1.93. The molecule has 0 aromatic carbocycles. The summed E-state index contributed by atoms with van der Waals surface area (Å²) in [6.45, 7) is 5.57. The minimum Gasteiger partial charge on any atom is -0.347 e. The molecule has 1 aliphatic rings. The van der Waals surface area contributed by atoms with Gasteiger partial charge in [-0.3, -0.25) is 4.79 Å². The van der Waals surface area contributed by atoms with Crippen molar-refractivity contribution in [3.63, 3.8) is 0 Å². The summed E-state index contributed by atoms with van der Waals surface area (Å²) < 4.78 is 0. The lowest BCUT2D eigenvalue weighted by molar-refractivity contribution is 0.0941. The summed E-state index contributed by atoms with van der Waals surface area (Å²) in [5, 5.41) is 10.7. The Morgan fingerprint density at radius 2 is 2.29 bits per heavy atom. The van der Waals surface area contributed by atoms with Crippen molar-refractivity contribution in [1.29, 1.82) is 0 Å². The Morgan fingerprint density at radius 3 is 3.00 bits per heavy atom.